The first-order valence-electron chi connectivity index (χ1n) is 9.10. The van der Waals surface area contributed by atoms with Gasteiger partial charge in [0.2, 0.25) is 11.8 Å². The van der Waals surface area contributed by atoms with Gasteiger partial charge in [-0.1, -0.05) is 38.5 Å². The minimum absolute atomic E-state index is 0.104. The lowest BCUT2D eigenvalue weighted by molar-refractivity contribution is -0.138. The quantitative estimate of drug-likeness (QED) is 0.772. The summed E-state index contributed by atoms with van der Waals surface area (Å²) >= 11 is 4.05. The van der Waals surface area contributed by atoms with E-state index in [0.29, 0.717) is 18.3 Å². The van der Waals surface area contributed by atoms with Gasteiger partial charge in [-0.15, -0.1) is 0 Å². The van der Waals surface area contributed by atoms with Crippen molar-refractivity contribution >= 4 is 24.6 Å². The fraction of sp³-hybridized carbons (Fsp3) is 0.889. The zero-order chi connectivity index (χ0) is 15.7. The van der Waals surface area contributed by atoms with E-state index in [1.54, 1.807) is 0 Å². The van der Waals surface area contributed by atoms with Gasteiger partial charge in [-0.05, 0) is 61.7 Å². The molecule has 3 saturated carbocycles. The highest BCUT2D eigenvalue weighted by atomic mass is 32.1. The SMILES string of the molecule is CC(=O)N(S)C(=O)CC1CCCC2C3CCCCC3CCC12. The van der Waals surface area contributed by atoms with Gasteiger partial charge in [-0.25, -0.2) is 4.31 Å². The second-order valence-corrected chi connectivity index (χ2v) is 8.13. The number of hydrogen-bond donors (Lipinski definition) is 1. The second kappa shape index (κ2) is 6.94. The molecule has 3 rings (SSSR count). The van der Waals surface area contributed by atoms with Crippen molar-refractivity contribution in [2.24, 2.45) is 29.6 Å². The van der Waals surface area contributed by atoms with E-state index in [9.17, 15) is 9.59 Å². The van der Waals surface area contributed by atoms with Gasteiger partial charge in [-0.2, -0.15) is 0 Å². The summed E-state index contributed by atoms with van der Waals surface area (Å²) in [5, 5.41) is 0. The van der Waals surface area contributed by atoms with Gasteiger partial charge in [0.1, 0.15) is 0 Å². The number of amides is 2. The molecule has 3 aliphatic carbocycles. The molecule has 0 heterocycles. The van der Waals surface area contributed by atoms with Crippen LogP contribution >= 0.6 is 12.8 Å². The van der Waals surface area contributed by atoms with E-state index in [1.165, 1.54) is 58.3 Å². The van der Waals surface area contributed by atoms with Crippen molar-refractivity contribution in [1.82, 2.24) is 4.31 Å². The molecule has 124 valence electrons. The molecule has 3 fully saturated rings. The lowest BCUT2D eigenvalue weighted by Gasteiger charge is -2.50. The third-order valence-electron chi connectivity index (χ3n) is 6.63. The summed E-state index contributed by atoms with van der Waals surface area (Å²) in [5.74, 6) is 3.54. The van der Waals surface area contributed by atoms with Crippen molar-refractivity contribution < 1.29 is 9.59 Å². The van der Waals surface area contributed by atoms with Crippen LogP contribution in [0.1, 0.15) is 71.1 Å². The number of fused-ring (bicyclic) bond motifs is 3. The fourth-order valence-corrected chi connectivity index (χ4v) is 5.76. The molecule has 4 heteroatoms. The molecule has 2 amide bonds. The van der Waals surface area contributed by atoms with E-state index >= 15 is 0 Å². The van der Waals surface area contributed by atoms with Gasteiger partial charge in [-0.3, -0.25) is 9.59 Å². The Labute approximate surface area is 139 Å². The van der Waals surface area contributed by atoms with Gasteiger partial charge in [0.05, 0.1) is 0 Å². The van der Waals surface area contributed by atoms with Gasteiger partial charge >= 0.3 is 0 Å². The summed E-state index contributed by atoms with van der Waals surface area (Å²) in [7, 11) is 0. The average molecular weight is 324 g/mol. The first-order valence-corrected chi connectivity index (χ1v) is 9.50. The third-order valence-corrected chi connectivity index (χ3v) is 7.13. The minimum atomic E-state index is -0.267. The van der Waals surface area contributed by atoms with Crippen LogP contribution in [0.4, 0.5) is 0 Å². The maximum atomic E-state index is 12.2. The molecule has 0 bridgehead atoms. The highest BCUT2D eigenvalue weighted by Crippen LogP contribution is 2.53. The Kier molecular flexibility index (Phi) is 5.16. The third kappa shape index (κ3) is 3.22. The Hall–Kier alpha value is -0.510. The van der Waals surface area contributed by atoms with Gasteiger partial charge in [0.15, 0.2) is 0 Å². The molecule has 22 heavy (non-hydrogen) atoms. The molecule has 5 unspecified atom stereocenters. The summed E-state index contributed by atoms with van der Waals surface area (Å²) in [6.45, 7) is 1.40. The van der Waals surface area contributed by atoms with E-state index < -0.39 is 0 Å². The Bertz CT molecular complexity index is 439. The molecular formula is C18H29NO2S. The van der Waals surface area contributed by atoms with Crippen LogP contribution in [-0.4, -0.2) is 16.1 Å². The predicted octanol–water partition coefficient (Wildman–Crippen LogP) is 4.23. The normalized spacial score (nSPS) is 37.8. The Morgan fingerprint density at radius 2 is 1.64 bits per heavy atom. The van der Waals surface area contributed by atoms with Crippen molar-refractivity contribution in [1.29, 1.82) is 0 Å². The highest BCUT2D eigenvalue weighted by Gasteiger charge is 2.45. The van der Waals surface area contributed by atoms with Gasteiger partial charge in [0.25, 0.3) is 0 Å². The van der Waals surface area contributed by atoms with E-state index in [1.807, 2.05) is 0 Å². The summed E-state index contributed by atoms with van der Waals surface area (Å²) in [4.78, 5) is 23.6. The topological polar surface area (TPSA) is 37.4 Å². The summed E-state index contributed by atoms with van der Waals surface area (Å²) < 4.78 is 1.01. The number of thiol groups is 1. The van der Waals surface area contributed by atoms with E-state index in [2.05, 4.69) is 12.8 Å². The molecule has 0 aliphatic heterocycles. The van der Waals surface area contributed by atoms with Crippen molar-refractivity contribution in [3.05, 3.63) is 0 Å². The van der Waals surface area contributed by atoms with Crippen LogP contribution < -0.4 is 0 Å². The first-order chi connectivity index (χ1) is 10.6. The molecule has 0 N–H and O–H groups in total. The molecule has 0 aromatic heterocycles. The standard InChI is InChI=1S/C18H29NO2S/c1-12(20)19(22)18(21)11-14-6-4-8-17-15-7-3-2-5-13(15)9-10-16(14)17/h13-17,22H,2-11H2,1H3. The zero-order valence-corrected chi connectivity index (χ0v) is 14.6. The lowest BCUT2D eigenvalue weighted by atomic mass is 9.55. The minimum Gasteiger partial charge on any atom is -0.274 e. The lowest BCUT2D eigenvalue weighted by Crippen LogP contribution is -2.43. The van der Waals surface area contributed by atoms with E-state index in [0.717, 1.165) is 28.5 Å². The van der Waals surface area contributed by atoms with E-state index in [-0.39, 0.29) is 11.8 Å². The monoisotopic (exact) mass is 323 g/mol. The smallest absolute Gasteiger partial charge is 0.239 e. The maximum Gasteiger partial charge on any atom is 0.239 e. The molecule has 0 spiro atoms. The van der Waals surface area contributed by atoms with E-state index in [4.69, 9.17) is 0 Å². The number of carbonyl (C=O) groups is 2. The Balaban J connectivity index is 1.66. The molecule has 0 radical (unpaired) electrons. The fourth-order valence-electron chi connectivity index (χ4n) is 5.68. The van der Waals surface area contributed by atoms with Crippen LogP contribution in [0, 0.1) is 29.6 Å². The van der Waals surface area contributed by atoms with Crippen LogP contribution in [0.5, 0.6) is 0 Å². The summed E-state index contributed by atoms with van der Waals surface area (Å²) in [5.41, 5.74) is 0. The second-order valence-electron chi connectivity index (χ2n) is 7.73. The molecule has 5 atom stereocenters. The van der Waals surface area contributed by atoms with Crippen LogP contribution in [0.3, 0.4) is 0 Å². The van der Waals surface area contributed by atoms with Crippen LogP contribution in [0.25, 0.3) is 0 Å². The first kappa shape index (κ1) is 16.4. The molecule has 0 aromatic carbocycles. The van der Waals surface area contributed by atoms with Crippen molar-refractivity contribution in [3.8, 4) is 0 Å². The summed E-state index contributed by atoms with van der Waals surface area (Å²) in [6, 6.07) is 0. The van der Waals surface area contributed by atoms with Gasteiger partial charge in [0, 0.05) is 13.3 Å². The van der Waals surface area contributed by atoms with Crippen LogP contribution in [-0.2, 0) is 9.59 Å². The molecule has 0 saturated heterocycles. The van der Waals surface area contributed by atoms with Gasteiger partial charge < -0.3 is 0 Å². The predicted molar refractivity (Wildman–Crippen MR) is 90.1 cm³/mol. The molecule has 3 aliphatic rings. The number of carbonyl (C=O) groups excluding carboxylic acids is 2. The molecular weight excluding hydrogens is 294 g/mol. The van der Waals surface area contributed by atoms with Crippen molar-refractivity contribution in [2.75, 3.05) is 0 Å². The molecule has 3 nitrogen and oxygen atoms in total. The van der Waals surface area contributed by atoms with Crippen molar-refractivity contribution in [3.63, 3.8) is 0 Å². The number of nitrogens with zero attached hydrogens (tertiary/aromatic N) is 1. The molecule has 0 aromatic rings. The average Bonchev–Trinajstić information content (AvgIpc) is 2.54. The van der Waals surface area contributed by atoms with Crippen molar-refractivity contribution in [2.45, 2.75) is 71.1 Å². The largest absolute Gasteiger partial charge is 0.274 e. The highest BCUT2D eigenvalue weighted by molar-refractivity contribution is 7.79. The van der Waals surface area contributed by atoms with Crippen LogP contribution in [0.15, 0.2) is 0 Å². The Morgan fingerprint density at radius 1 is 0.909 bits per heavy atom. The number of imide groups is 1. The maximum absolute atomic E-state index is 12.2. The van der Waals surface area contributed by atoms with Crippen LogP contribution in [0.2, 0.25) is 0 Å². The number of rotatable bonds is 2. The number of hydrogen-bond acceptors (Lipinski definition) is 3. The summed E-state index contributed by atoms with van der Waals surface area (Å²) in [6.07, 6.45) is 12.7. The Morgan fingerprint density at radius 3 is 2.41 bits per heavy atom. The zero-order valence-electron chi connectivity index (χ0n) is 13.7.